The molecule has 0 fully saturated rings. The lowest BCUT2D eigenvalue weighted by molar-refractivity contribution is -0.116. The summed E-state index contributed by atoms with van der Waals surface area (Å²) < 4.78 is 46.7. The van der Waals surface area contributed by atoms with Crippen LogP contribution in [0.1, 0.15) is 12.3 Å². The normalized spacial score (nSPS) is 10.8. The van der Waals surface area contributed by atoms with E-state index in [9.17, 15) is 18.0 Å². The lowest BCUT2D eigenvalue weighted by Gasteiger charge is -2.07. The molecular formula is C18H14F3N3O3. The largest absolute Gasteiger partial charge is 0.435 e. The van der Waals surface area contributed by atoms with E-state index in [2.05, 4.69) is 20.2 Å². The van der Waals surface area contributed by atoms with E-state index in [-0.39, 0.29) is 36.2 Å². The summed E-state index contributed by atoms with van der Waals surface area (Å²) in [5, 5.41) is 6.36. The number of halogens is 3. The molecule has 0 aliphatic heterocycles. The third-order valence-electron chi connectivity index (χ3n) is 3.48. The summed E-state index contributed by atoms with van der Waals surface area (Å²) >= 11 is 0. The number of amides is 1. The maximum atomic E-state index is 12.9. The third-order valence-corrected chi connectivity index (χ3v) is 3.48. The van der Waals surface area contributed by atoms with Crippen LogP contribution in [0, 0.1) is 5.82 Å². The van der Waals surface area contributed by atoms with Crippen molar-refractivity contribution < 1.29 is 27.2 Å². The number of aryl methyl sites for hydroxylation is 1. The second kappa shape index (κ2) is 8.35. The minimum Gasteiger partial charge on any atom is -0.435 e. The molecule has 1 amide bonds. The highest BCUT2D eigenvalue weighted by atomic mass is 19.3. The highest BCUT2D eigenvalue weighted by molar-refractivity contribution is 5.90. The van der Waals surface area contributed by atoms with Crippen LogP contribution in [0.4, 0.5) is 18.9 Å². The molecule has 6 nitrogen and oxygen atoms in total. The number of ether oxygens (including phenoxy) is 1. The van der Waals surface area contributed by atoms with E-state index in [0.29, 0.717) is 17.1 Å². The number of aromatic nitrogens is 2. The summed E-state index contributed by atoms with van der Waals surface area (Å²) in [5.74, 6) is -0.238. The average molecular weight is 377 g/mol. The van der Waals surface area contributed by atoms with Crippen LogP contribution in [0.15, 0.2) is 53.1 Å². The van der Waals surface area contributed by atoms with Crippen LogP contribution in [0.25, 0.3) is 11.4 Å². The molecule has 0 aliphatic carbocycles. The summed E-state index contributed by atoms with van der Waals surface area (Å²) in [4.78, 5) is 16.2. The van der Waals surface area contributed by atoms with Gasteiger partial charge in [0.05, 0.1) is 0 Å². The van der Waals surface area contributed by atoms with Gasteiger partial charge in [0.15, 0.2) is 0 Å². The van der Waals surface area contributed by atoms with Crippen molar-refractivity contribution >= 4 is 11.6 Å². The molecule has 3 rings (SSSR count). The molecule has 2 aromatic carbocycles. The molecule has 0 saturated carbocycles. The Morgan fingerprint density at radius 3 is 2.70 bits per heavy atom. The van der Waals surface area contributed by atoms with Gasteiger partial charge in [-0.1, -0.05) is 11.2 Å². The highest BCUT2D eigenvalue weighted by Gasteiger charge is 2.12. The molecule has 9 heteroatoms. The molecular weight excluding hydrogens is 363 g/mol. The first-order valence-electron chi connectivity index (χ1n) is 7.93. The van der Waals surface area contributed by atoms with E-state index in [4.69, 9.17) is 4.52 Å². The minimum atomic E-state index is -2.94. The quantitative estimate of drug-likeness (QED) is 0.672. The fraction of sp³-hybridized carbons (Fsp3) is 0.167. The van der Waals surface area contributed by atoms with Gasteiger partial charge >= 0.3 is 6.61 Å². The monoisotopic (exact) mass is 377 g/mol. The Balaban J connectivity index is 1.54. The van der Waals surface area contributed by atoms with E-state index < -0.39 is 6.61 Å². The third kappa shape index (κ3) is 5.30. The SMILES string of the molecule is O=C(CCc1nc(-c2ccc(F)cc2)no1)Nc1cccc(OC(F)F)c1. The zero-order valence-corrected chi connectivity index (χ0v) is 13.9. The van der Waals surface area contributed by atoms with Crippen LogP contribution in [0.2, 0.25) is 0 Å². The van der Waals surface area contributed by atoms with Gasteiger partial charge in [0.25, 0.3) is 0 Å². The first-order chi connectivity index (χ1) is 13.0. The van der Waals surface area contributed by atoms with E-state index in [1.54, 1.807) is 6.07 Å². The molecule has 0 radical (unpaired) electrons. The Bertz CT molecular complexity index is 913. The maximum Gasteiger partial charge on any atom is 0.387 e. The Morgan fingerprint density at radius 2 is 1.96 bits per heavy atom. The molecule has 0 atom stereocenters. The van der Waals surface area contributed by atoms with Gasteiger partial charge < -0.3 is 14.6 Å². The van der Waals surface area contributed by atoms with Crippen molar-refractivity contribution in [2.45, 2.75) is 19.5 Å². The molecule has 0 unspecified atom stereocenters. The van der Waals surface area contributed by atoms with Crippen molar-refractivity contribution in [1.82, 2.24) is 10.1 Å². The molecule has 3 aromatic rings. The fourth-order valence-electron chi connectivity index (χ4n) is 2.27. The zero-order valence-electron chi connectivity index (χ0n) is 13.9. The number of benzene rings is 2. The van der Waals surface area contributed by atoms with Crippen LogP contribution in [0.5, 0.6) is 5.75 Å². The van der Waals surface area contributed by atoms with Gasteiger partial charge in [-0.15, -0.1) is 0 Å². The number of hydrogen-bond acceptors (Lipinski definition) is 5. The smallest absolute Gasteiger partial charge is 0.387 e. The van der Waals surface area contributed by atoms with Gasteiger partial charge in [0, 0.05) is 30.2 Å². The Labute approximate surface area is 152 Å². The van der Waals surface area contributed by atoms with Gasteiger partial charge in [0.1, 0.15) is 11.6 Å². The summed E-state index contributed by atoms with van der Waals surface area (Å²) in [6, 6.07) is 11.3. The predicted octanol–water partition coefficient (Wildman–Crippen LogP) is 4.05. The summed E-state index contributed by atoms with van der Waals surface area (Å²) in [7, 11) is 0. The highest BCUT2D eigenvalue weighted by Crippen LogP contribution is 2.20. The zero-order chi connectivity index (χ0) is 19.2. The fourth-order valence-corrected chi connectivity index (χ4v) is 2.27. The first-order valence-corrected chi connectivity index (χ1v) is 7.93. The molecule has 0 saturated heterocycles. The van der Waals surface area contributed by atoms with E-state index in [1.807, 2.05) is 0 Å². The first kappa shape index (κ1) is 18.4. The standard InChI is InChI=1S/C18H14F3N3O3/c19-12-6-4-11(5-7-12)17-23-16(27-24-17)9-8-15(25)22-13-2-1-3-14(10-13)26-18(20)21/h1-7,10,18H,8-9H2,(H,22,25). The lowest BCUT2D eigenvalue weighted by atomic mass is 10.2. The van der Waals surface area contributed by atoms with Gasteiger partial charge in [-0.05, 0) is 36.4 Å². The lowest BCUT2D eigenvalue weighted by Crippen LogP contribution is -2.12. The molecule has 1 N–H and O–H groups in total. The number of rotatable bonds is 7. The molecule has 0 aliphatic rings. The Hall–Kier alpha value is -3.36. The van der Waals surface area contributed by atoms with E-state index >= 15 is 0 Å². The number of anilines is 1. The summed E-state index contributed by atoms with van der Waals surface area (Å²) in [6.07, 6.45) is 0.234. The molecule has 1 heterocycles. The topological polar surface area (TPSA) is 77.2 Å². The summed E-state index contributed by atoms with van der Waals surface area (Å²) in [6.45, 7) is -2.94. The van der Waals surface area contributed by atoms with Crippen molar-refractivity contribution in [3.8, 4) is 17.1 Å². The molecule has 0 bridgehead atoms. The molecule has 140 valence electrons. The Morgan fingerprint density at radius 1 is 1.19 bits per heavy atom. The van der Waals surface area contributed by atoms with Crippen molar-refractivity contribution in [3.63, 3.8) is 0 Å². The van der Waals surface area contributed by atoms with Crippen molar-refractivity contribution in [2.24, 2.45) is 0 Å². The number of alkyl halides is 2. The predicted molar refractivity (Wildman–Crippen MR) is 89.7 cm³/mol. The van der Waals surface area contributed by atoms with Crippen LogP contribution < -0.4 is 10.1 Å². The van der Waals surface area contributed by atoms with E-state index in [1.165, 1.54) is 42.5 Å². The number of carbonyl (C=O) groups excluding carboxylic acids is 1. The Kier molecular flexibility index (Phi) is 5.70. The number of hydrogen-bond donors (Lipinski definition) is 1. The number of nitrogens with one attached hydrogen (secondary N) is 1. The van der Waals surface area contributed by atoms with E-state index in [0.717, 1.165) is 0 Å². The van der Waals surface area contributed by atoms with Gasteiger partial charge in [-0.25, -0.2) is 4.39 Å². The second-order valence-electron chi connectivity index (χ2n) is 5.47. The van der Waals surface area contributed by atoms with Crippen LogP contribution in [-0.4, -0.2) is 22.7 Å². The van der Waals surface area contributed by atoms with Crippen LogP contribution in [-0.2, 0) is 11.2 Å². The maximum absolute atomic E-state index is 12.9. The van der Waals surface area contributed by atoms with Crippen molar-refractivity contribution in [2.75, 3.05) is 5.32 Å². The van der Waals surface area contributed by atoms with Gasteiger partial charge in [0.2, 0.25) is 17.6 Å². The average Bonchev–Trinajstić information content (AvgIpc) is 3.09. The molecule has 0 spiro atoms. The number of nitrogens with zero attached hydrogens (tertiary/aromatic N) is 2. The van der Waals surface area contributed by atoms with Crippen LogP contribution >= 0.6 is 0 Å². The van der Waals surface area contributed by atoms with Crippen LogP contribution in [0.3, 0.4) is 0 Å². The molecule has 27 heavy (non-hydrogen) atoms. The van der Waals surface area contributed by atoms with Crippen molar-refractivity contribution in [3.05, 3.63) is 60.2 Å². The molecule has 1 aromatic heterocycles. The number of carbonyl (C=O) groups is 1. The minimum absolute atomic E-state index is 0.0466. The van der Waals surface area contributed by atoms with Gasteiger partial charge in [-0.3, -0.25) is 4.79 Å². The van der Waals surface area contributed by atoms with Gasteiger partial charge in [-0.2, -0.15) is 13.8 Å². The second-order valence-corrected chi connectivity index (χ2v) is 5.47. The van der Waals surface area contributed by atoms with Crippen molar-refractivity contribution in [1.29, 1.82) is 0 Å². The summed E-state index contributed by atoms with van der Waals surface area (Å²) in [5.41, 5.74) is 0.919.